The van der Waals surface area contributed by atoms with Crippen molar-refractivity contribution in [3.63, 3.8) is 0 Å². The number of amides is 2. The molecule has 1 atom stereocenters. The molecule has 7 heteroatoms. The summed E-state index contributed by atoms with van der Waals surface area (Å²) in [5.74, 6) is -1.42. The molecule has 2 amide bonds. The second-order valence-electron chi connectivity index (χ2n) is 6.82. The summed E-state index contributed by atoms with van der Waals surface area (Å²) in [5.41, 5.74) is 2.77. The minimum Gasteiger partial charge on any atom is -0.478 e. The molecule has 138 valence electrons. The molecule has 27 heavy (non-hydrogen) atoms. The Bertz CT molecular complexity index is 1000. The van der Waals surface area contributed by atoms with E-state index in [1.54, 1.807) is 17.9 Å². The van der Waals surface area contributed by atoms with Crippen molar-refractivity contribution < 1.29 is 19.5 Å². The molecule has 2 heterocycles. The zero-order valence-corrected chi connectivity index (χ0v) is 15.7. The molecular formula is C20H18N2O4S. The van der Waals surface area contributed by atoms with Crippen LogP contribution in [0.4, 0.5) is 11.4 Å². The van der Waals surface area contributed by atoms with Gasteiger partial charge < -0.3 is 10.4 Å². The van der Waals surface area contributed by atoms with Crippen LogP contribution in [0.3, 0.4) is 0 Å². The predicted molar refractivity (Wildman–Crippen MR) is 103 cm³/mol. The van der Waals surface area contributed by atoms with E-state index in [2.05, 4.69) is 5.32 Å². The van der Waals surface area contributed by atoms with E-state index < -0.39 is 10.8 Å². The van der Waals surface area contributed by atoms with Crippen LogP contribution in [0.15, 0.2) is 41.3 Å². The quantitative estimate of drug-likeness (QED) is 0.847. The topological polar surface area (TPSA) is 86.7 Å². The monoisotopic (exact) mass is 382 g/mol. The number of carboxylic acid groups (broad SMARTS) is 1. The number of aromatic carboxylic acids is 1. The summed E-state index contributed by atoms with van der Waals surface area (Å²) < 4.78 is 0. The number of nitrogens with one attached hydrogen (secondary N) is 1. The molecule has 2 aromatic rings. The van der Waals surface area contributed by atoms with Crippen LogP contribution < -0.4 is 10.2 Å². The maximum atomic E-state index is 13.3. The second kappa shape index (κ2) is 6.13. The molecule has 6 nitrogen and oxygen atoms in total. The zero-order valence-electron chi connectivity index (χ0n) is 14.9. The summed E-state index contributed by atoms with van der Waals surface area (Å²) in [6, 6.07) is 10.7. The standard InChI is InChI=1S/C20H18N2O4S/c1-11-9-12(2)14(10-13(11)18(24)25)21-19(26)20-8-7-17(23)22(20)15-5-3-4-6-16(15)27-20/h3-6,9-10H,7-8H2,1-2H3,(H,21,26)(H,24,25). The van der Waals surface area contributed by atoms with Gasteiger partial charge >= 0.3 is 5.97 Å². The van der Waals surface area contributed by atoms with Crippen LogP contribution in [0.25, 0.3) is 0 Å². The summed E-state index contributed by atoms with van der Waals surface area (Å²) in [6.07, 6.45) is 0.718. The number of carboxylic acids is 1. The highest BCUT2D eigenvalue weighted by atomic mass is 32.2. The molecule has 0 bridgehead atoms. The van der Waals surface area contributed by atoms with E-state index in [9.17, 15) is 19.5 Å². The SMILES string of the molecule is Cc1cc(C)c(C(=O)O)cc1NC(=O)C12CCC(=O)N1c1ccccc1S2. The number of carbonyl (C=O) groups is 3. The molecule has 2 aliphatic rings. The Kier molecular flexibility index (Phi) is 3.99. The van der Waals surface area contributed by atoms with Gasteiger partial charge in [0.1, 0.15) is 0 Å². The molecule has 4 rings (SSSR count). The maximum absolute atomic E-state index is 13.3. The van der Waals surface area contributed by atoms with Gasteiger partial charge in [0, 0.05) is 17.0 Å². The summed E-state index contributed by atoms with van der Waals surface area (Å²) in [5, 5.41) is 12.2. The third kappa shape index (κ3) is 2.61. The molecular weight excluding hydrogens is 364 g/mol. The first-order chi connectivity index (χ1) is 12.8. The van der Waals surface area contributed by atoms with E-state index in [1.165, 1.54) is 17.8 Å². The average Bonchev–Trinajstić information content (AvgIpc) is 3.13. The third-order valence-corrected chi connectivity index (χ3v) is 6.55. The van der Waals surface area contributed by atoms with Gasteiger partial charge in [0.05, 0.1) is 11.3 Å². The van der Waals surface area contributed by atoms with Crippen molar-refractivity contribution in [2.75, 3.05) is 10.2 Å². The van der Waals surface area contributed by atoms with Crippen LogP contribution in [-0.4, -0.2) is 27.8 Å². The Labute approximate surface area is 160 Å². The van der Waals surface area contributed by atoms with E-state index >= 15 is 0 Å². The highest BCUT2D eigenvalue weighted by Crippen LogP contribution is 2.56. The number of para-hydroxylation sites is 1. The lowest BCUT2D eigenvalue weighted by Gasteiger charge is -2.30. The van der Waals surface area contributed by atoms with Gasteiger partial charge in [0.2, 0.25) is 5.91 Å². The van der Waals surface area contributed by atoms with Crippen LogP contribution >= 0.6 is 11.8 Å². The fourth-order valence-electron chi connectivity index (χ4n) is 3.74. The van der Waals surface area contributed by atoms with Crippen molar-refractivity contribution >= 4 is 40.9 Å². The van der Waals surface area contributed by atoms with Crippen molar-refractivity contribution in [3.8, 4) is 0 Å². The van der Waals surface area contributed by atoms with Crippen LogP contribution in [0.5, 0.6) is 0 Å². The Morgan fingerprint density at radius 2 is 1.93 bits per heavy atom. The smallest absolute Gasteiger partial charge is 0.336 e. The number of hydrogen-bond acceptors (Lipinski definition) is 4. The number of nitrogens with zero attached hydrogens (tertiary/aromatic N) is 1. The summed E-state index contributed by atoms with van der Waals surface area (Å²) in [7, 11) is 0. The minimum atomic E-state index is -1.04. The van der Waals surface area contributed by atoms with Gasteiger partial charge in [-0.3, -0.25) is 14.5 Å². The normalized spacial score (nSPS) is 20.4. The lowest BCUT2D eigenvalue weighted by atomic mass is 10.0. The molecule has 1 saturated heterocycles. The van der Waals surface area contributed by atoms with Crippen molar-refractivity contribution in [2.24, 2.45) is 0 Å². The van der Waals surface area contributed by atoms with E-state index in [1.807, 2.05) is 31.2 Å². The van der Waals surface area contributed by atoms with Crippen LogP contribution in [0.1, 0.15) is 34.3 Å². The zero-order chi connectivity index (χ0) is 19.3. The highest BCUT2D eigenvalue weighted by Gasteiger charge is 2.57. The van der Waals surface area contributed by atoms with Crippen molar-refractivity contribution in [1.29, 1.82) is 0 Å². The van der Waals surface area contributed by atoms with Gasteiger partial charge in [0.25, 0.3) is 5.91 Å². The Balaban J connectivity index is 1.71. The van der Waals surface area contributed by atoms with E-state index in [0.29, 0.717) is 24.1 Å². The molecule has 2 aromatic carbocycles. The number of carbonyl (C=O) groups excluding carboxylic acids is 2. The van der Waals surface area contributed by atoms with Gasteiger partial charge in [0.15, 0.2) is 4.87 Å². The molecule has 1 unspecified atom stereocenters. The molecule has 2 N–H and O–H groups in total. The molecule has 1 fully saturated rings. The summed E-state index contributed by atoms with van der Waals surface area (Å²) >= 11 is 1.38. The van der Waals surface area contributed by atoms with Crippen LogP contribution in [0.2, 0.25) is 0 Å². The van der Waals surface area contributed by atoms with Gasteiger partial charge in [-0.15, -0.1) is 0 Å². The average molecular weight is 382 g/mol. The number of hydrogen-bond donors (Lipinski definition) is 2. The Morgan fingerprint density at radius 3 is 2.67 bits per heavy atom. The number of benzene rings is 2. The minimum absolute atomic E-state index is 0.0746. The van der Waals surface area contributed by atoms with Crippen LogP contribution in [-0.2, 0) is 9.59 Å². The molecule has 0 saturated carbocycles. The van der Waals surface area contributed by atoms with E-state index in [-0.39, 0.29) is 17.4 Å². The summed E-state index contributed by atoms with van der Waals surface area (Å²) in [6.45, 7) is 3.54. The number of aryl methyl sites for hydroxylation is 2. The van der Waals surface area contributed by atoms with Crippen molar-refractivity contribution in [2.45, 2.75) is 36.5 Å². The first kappa shape index (κ1) is 17.6. The molecule has 0 spiro atoms. The lowest BCUT2D eigenvalue weighted by Crippen LogP contribution is -2.49. The fourth-order valence-corrected chi connectivity index (χ4v) is 5.15. The molecule has 0 aliphatic carbocycles. The molecule has 0 aromatic heterocycles. The molecule has 0 radical (unpaired) electrons. The van der Waals surface area contributed by atoms with Gasteiger partial charge in [-0.1, -0.05) is 30.0 Å². The fraction of sp³-hybridized carbons (Fsp3) is 0.250. The maximum Gasteiger partial charge on any atom is 0.336 e. The highest BCUT2D eigenvalue weighted by molar-refractivity contribution is 8.02. The Hall–Kier alpha value is -2.80. The van der Waals surface area contributed by atoms with Crippen LogP contribution in [0, 0.1) is 13.8 Å². The van der Waals surface area contributed by atoms with Crippen molar-refractivity contribution in [3.05, 3.63) is 53.1 Å². The van der Waals surface area contributed by atoms with E-state index in [0.717, 1.165) is 16.1 Å². The number of rotatable bonds is 3. The number of anilines is 2. The van der Waals surface area contributed by atoms with Gasteiger partial charge in [-0.25, -0.2) is 4.79 Å². The first-order valence-electron chi connectivity index (χ1n) is 8.60. The second-order valence-corrected chi connectivity index (χ2v) is 8.14. The third-order valence-electron chi connectivity index (χ3n) is 5.08. The summed E-state index contributed by atoms with van der Waals surface area (Å²) in [4.78, 5) is 38.7. The van der Waals surface area contributed by atoms with Gasteiger partial charge in [-0.2, -0.15) is 0 Å². The molecule has 2 aliphatic heterocycles. The predicted octanol–water partition coefficient (Wildman–Crippen LogP) is 3.57. The number of fused-ring (bicyclic) bond motifs is 3. The van der Waals surface area contributed by atoms with Gasteiger partial charge in [-0.05, 0) is 49.6 Å². The Morgan fingerprint density at radius 1 is 1.19 bits per heavy atom. The lowest BCUT2D eigenvalue weighted by molar-refractivity contribution is -0.121. The largest absolute Gasteiger partial charge is 0.478 e. The number of thioether (sulfide) groups is 1. The first-order valence-corrected chi connectivity index (χ1v) is 9.42. The van der Waals surface area contributed by atoms with Crippen molar-refractivity contribution in [1.82, 2.24) is 0 Å². The van der Waals surface area contributed by atoms with E-state index in [4.69, 9.17) is 0 Å².